The Morgan fingerprint density at radius 3 is 3.00 bits per heavy atom. The number of hydrogen-bond donors (Lipinski definition) is 2. The number of benzene rings is 1. The van der Waals surface area contributed by atoms with Crippen LogP contribution in [0.5, 0.6) is 0 Å². The van der Waals surface area contributed by atoms with Gasteiger partial charge in [0.2, 0.25) is 11.0 Å². The molecule has 2 aromatic rings. The van der Waals surface area contributed by atoms with Crippen LogP contribution >= 0.6 is 0 Å². The molecule has 2 rings (SSSR count). The van der Waals surface area contributed by atoms with Crippen molar-refractivity contribution < 1.29 is 14.3 Å². The molecule has 0 bridgehead atoms. The number of urea groups is 1. The molecule has 0 saturated carbocycles. The molecule has 0 radical (unpaired) electrons. The summed E-state index contributed by atoms with van der Waals surface area (Å²) in [5.41, 5.74) is 3.85. The van der Waals surface area contributed by atoms with Crippen LogP contribution in [0.15, 0.2) is 27.9 Å². The minimum absolute atomic E-state index is 0.333. The quantitative estimate of drug-likeness (QED) is 0.321. The Morgan fingerprint density at radius 1 is 1.46 bits per heavy atom. The summed E-state index contributed by atoms with van der Waals surface area (Å²) in [6, 6.07) is 4.54. The largest absolute Gasteiger partial charge is 0.359 e. The first-order chi connectivity index (χ1) is 11.6. The van der Waals surface area contributed by atoms with Crippen LogP contribution in [0.3, 0.4) is 0 Å². The van der Waals surface area contributed by atoms with Crippen LogP contribution in [0.2, 0.25) is 0 Å². The number of carbonyl (C=O) groups is 1. The lowest BCUT2D eigenvalue weighted by atomic mass is 10.2. The Bertz CT molecular complexity index is 696. The molecule has 0 atom stereocenters. The minimum atomic E-state index is -0.356. The lowest BCUT2D eigenvalue weighted by Gasteiger charge is -2.17. The SMILES string of the molecule is CCN(CC)CCCNC(=O)N/N=C/c1ccc2c(c1)no[n+]2[O-]. The predicted molar refractivity (Wildman–Crippen MR) is 89.5 cm³/mol. The van der Waals surface area contributed by atoms with E-state index in [-0.39, 0.29) is 6.03 Å². The van der Waals surface area contributed by atoms with Crippen LogP contribution in [-0.4, -0.2) is 48.5 Å². The number of amides is 2. The Hall–Kier alpha value is -2.68. The summed E-state index contributed by atoms with van der Waals surface area (Å²) in [5, 5.41) is 21.4. The van der Waals surface area contributed by atoms with Gasteiger partial charge in [0.1, 0.15) is 0 Å². The van der Waals surface area contributed by atoms with E-state index in [0.717, 1.165) is 26.1 Å². The second-order valence-electron chi connectivity index (χ2n) is 5.18. The van der Waals surface area contributed by atoms with Crippen molar-refractivity contribution in [2.24, 2.45) is 5.10 Å². The molecular formula is C15H22N6O3. The summed E-state index contributed by atoms with van der Waals surface area (Å²) in [6.45, 7) is 7.79. The van der Waals surface area contributed by atoms with E-state index in [1.54, 1.807) is 18.2 Å². The van der Waals surface area contributed by atoms with Crippen LogP contribution in [0.25, 0.3) is 11.0 Å². The molecule has 0 fully saturated rings. The lowest BCUT2D eigenvalue weighted by Crippen LogP contribution is -2.34. The number of carbonyl (C=O) groups excluding carboxylic acids is 1. The zero-order chi connectivity index (χ0) is 17.4. The highest BCUT2D eigenvalue weighted by atomic mass is 16.8. The fourth-order valence-electron chi connectivity index (χ4n) is 2.22. The Labute approximate surface area is 139 Å². The van der Waals surface area contributed by atoms with Crippen LogP contribution in [0.4, 0.5) is 4.79 Å². The van der Waals surface area contributed by atoms with Gasteiger partial charge >= 0.3 is 6.03 Å². The van der Waals surface area contributed by atoms with Crippen LogP contribution < -0.4 is 15.6 Å². The molecule has 0 aliphatic heterocycles. The van der Waals surface area contributed by atoms with E-state index in [1.807, 2.05) is 0 Å². The maximum Gasteiger partial charge on any atom is 0.335 e. The zero-order valence-corrected chi connectivity index (χ0v) is 13.9. The number of nitrogens with one attached hydrogen (secondary N) is 2. The highest BCUT2D eigenvalue weighted by Gasteiger charge is 2.08. The van der Waals surface area contributed by atoms with Crippen molar-refractivity contribution in [3.63, 3.8) is 0 Å². The van der Waals surface area contributed by atoms with Gasteiger partial charge in [-0.25, -0.2) is 10.2 Å². The van der Waals surface area contributed by atoms with E-state index in [1.165, 1.54) is 6.21 Å². The van der Waals surface area contributed by atoms with Crippen LogP contribution in [0.1, 0.15) is 25.8 Å². The molecule has 1 heterocycles. The van der Waals surface area contributed by atoms with Gasteiger partial charge in [-0.2, -0.15) is 5.10 Å². The second kappa shape index (κ2) is 8.82. The fraction of sp³-hybridized carbons (Fsp3) is 0.467. The van der Waals surface area contributed by atoms with Crippen LogP contribution in [0, 0.1) is 5.21 Å². The first kappa shape index (κ1) is 17.7. The Morgan fingerprint density at radius 2 is 2.25 bits per heavy atom. The predicted octanol–water partition coefficient (Wildman–Crippen LogP) is 0.826. The Kier molecular flexibility index (Phi) is 6.50. The Balaban J connectivity index is 1.73. The van der Waals surface area contributed by atoms with E-state index in [0.29, 0.717) is 28.0 Å². The summed E-state index contributed by atoms with van der Waals surface area (Å²) >= 11 is 0. The van der Waals surface area contributed by atoms with E-state index < -0.39 is 0 Å². The monoisotopic (exact) mass is 334 g/mol. The average molecular weight is 334 g/mol. The maximum atomic E-state index is 11.6. The smallest absolute Gasteiger partial charge is 0.335 e. The number of hydrogen-bond acceptors (Lipinski definition) is 6. The molecule has 2 N–H and O–H groups in total. The first-order valence-electron chi connectivity index (χ1n) is 7.92. The maximum absolute atomic E-state index is 11.6. The molecule has 24 heavy (non-hydrogen) atoms. The van der Waals surface area contributed by atoms with E-state index in [9.17, 15) is 10.0 Å². The molecule has 0 unspecified atom stereocenters. The van der Waals surface area contributed by atoms with Crippen molar-refractivity contribution in [3.8, 4) is 0 Å². The normalized spacial score (nSPS) is 11.5. The molecule has 130 valence electrons. The van der Waals surface area contributed by atoms with Crippen molar-refractivity contribution in [2.75, 3.05) is 26.2 Å². The van der Waals surface area contributed by atoms with Crippen LogP contribution in [-0.2, 0) is 0 Å². The zero-order valence-electron chi connectivity index (χ0n) is 13.9. The third-order valence-electron chi connectivity index (χ3n) is 3.62. The number of nitrogens with zero attached hydrogens (tertiary/aromatic N) is 4. The third kappa shape index (κ3) is 4.92. The molecule has 2 amide bonds. The van der Waals surface area contributed by atoms with E-state index in [4.69, 9.17) is 0 Å². The van der Waals surface area contributed by atoms with Crippen molar-refractivity contribution in [2.45, 2.75) is 20.3 Å². The van der Waals surface area contributed by atoms with Gasteiger partial charge < -0.3 is 15.4 Å². The number of rotatable bonds is 8. The van der Waals surface area contributed by atoms with Crippen molar-refractivity contribution >= 4 is 23.3 Å². The third-order valence-corrected chi connectivity index (χ3v) is 3.62. The summed E-state index contributed by atoms with van der Waals surface area (Å²) in [4.78, 5) is 14.2. The van der Waals surface area contributed by atoms with Crippen molar-refractivity contribution in [3.05, 3.63) is 29.0 Å². The highest BCUT2D eigenvalue weighted by Crippen LogP contribution is 2.08. The first-order valence-corrected chi connectivity index (χ1v) is 7.92. The van der Waals surface area contributed by atoms with Gasteiger partial charge in [0.05, 0.1) is 6.21 Å². The molecular weight excluding hydrogens is 312 g/mol. The lowest BCUT2D eigenvalue weighted by molar-refractivity contribution is -0.782. The molecule has 0 aliphatic carbocycles. The second-order valence-corrected chi connectivity index (χ2v) is 5.18. The standard InChI is InChI=1S/C15H22N6O3/c1-3-20(4-2)9-5-8-16-15(22)18-17-11-12-6-7-14-13(10-12)19-24-21(14)23/h6-7,10-11H,3-5,8-9H2,1-2H3,(H2,16,18,22)/b17-11+. The van der Waals surface area contributed by atoms with Gasteiger partial charge in [-0.15, -0.1) is 0 Å². The summed E-state index contributed by atoms with van der Waals surface area (Å²) in [5.74, 6) is 0. The van der Waals surface area contributed by atoms with Gasteiger partial charge in [0.25, 0.3) is 0 Å². The highest BCUT2D eigenvalue weighted by molar-refractivity contribution is 5.86. The van der Waals surface area contributed by atoms with Crippen molar-refractivity contribution in [1.29, 1.82) is 0 Å². The summed E-state index contributed by atoms with van der Waals surface area (Å²) < 4.78 is 4.48. The topological polar surface area (TPSA) is 110 Å². The molecule has 0 aliphatic rings. The number of fused-ring (bicyclic) bond motifs is 1. The fourth-order valence-corrected chi connectivity index (χ4v) is 2.22. The van der Waals surface area contributed by atoms with Gasteiger partial charge in [-0.1, -0.05) is 13.8 Å². The van der Waals surface area contributed by atoms with E-state index >= 15 is 0 Å². The summed E-state index contributed by atoms with van der Waals surface area (Å²) in [7, 11) is 0. The number of aromatic nitrogens is 2. The van der Waals surface area contributed by atoms with Gasteiger partial charge in [0, 0.05) is 17.8 Å². The van der Waals surface area contributed by atoms with Gasteiger partial charge in [-0.3, -0.25) is 4.63 Å². The molecule has 0 saturated heterocycles. The van der Waals surface area contributed by atoms with Crippen molar-refractivity contribution in [1.82, 2.24) is 20.8 Å². The molecule has 9 nitrogen and oxygen atoms in total. The molecule has 1 aromatic heterocycles. The van der Waals surface area contributed by atoms with Gasteiger partial charge in [-0.05, 0) is 48.7 Å². The molecule has 9 heteroatoms. The average Bonchev–Trinajstić information content (AvgIpc) is 2.96. The molecule has 1 aromatic carbocycles. The van der Waals surface area contributed by atoms with Gasteiger partial charge in [0.15, 0.2) is 0 Å². The van der Waals surface area contributed by atoms with E-state index in [2.05, 4.69) is 44.4 Å². The number of hydrazone groups is 1. The molecule has 0 spiro atoms. The minimum Gasteiger partial charge on any atom is -0.359 e. The summed E-state index contributed by atoms with van der Waals surface area (Å²) in [6.07, 6.45) is 2.36.